The van der Waals surface area contributed by atoms with Crippen molar-refractivity contribution in [3.05, 3.63) is 77.7 Å². The zero-order valence-electron chi connectivity index (χ0n) is 17.0. The molecule has 2 heterocycles. The molecule has 1 amide bonds. The van der Waals surface area contributed by atoms with E-state index in [9.17, 15) is 9.59 Å². The number of aromatic nitrogens is 2. The topological polar surface area (TPSA) is 79.2 Å². The van der Waals surface area contributed by atoms with Crippen molar-refractivity contribution in [3.8, 4) is 11.3 Å². The number of likely N-dealkylation sites (N-methyl/N-ethyl adjacent to an activating group) is 1. The molecule has 4 rings (SSSR count). The van der Waals surface area contributed by atoms with Crippen LogP contribution in [0, 0.1) is 6.92 Å². The molecule has 6 heteroatoms. The fourth-order valence-electron chi connectivity index (χ4n) is 3.62. The molecule has 0 aliphatic rings. The number of hydrogen-bond acceptors (Lipinski definition) is 4. The molecule has 2 aromatic carbocycles. The number of Topliss-reactive ketones (excluding diaryl/α,β-unsaturated/α-hetero) is 1. The van der Waals surface area contributed by atoms with Gasteiger partial charge in [0.1, 0.15) is 11.5 Å². The van der Waals surface area contributed by atoms with Gasteiger partial charge in [0.2, 0.25) is 0 Å². The van der Waals surface area contributed by atoms with Crippen molar-refractivity contribution in [1.29, 1.82) is 0 Å². The summed E-state index contributed by atoms with van der Waals surface area (Å²) in [7, 11) is 1.65. The van der Waals surface area contributed by atoms with Crippen LogP contribution in [0.3, 0.4) is 0 Å². The van der Waals surface area contributed by atoms with Crippen LogP contribution in [0.2, 0.25) is 0 Å². The molecule has 2 aromatic heterocycles. The molecule has 0 bridgehead atoms. The molecule has 0 saturated carbocycles. The summed E-state index contributed by atoms with van der Waals surface area (Å²) in [5, 5.41) is 4.88. The predicted octanol–water partition coefficient (Wildman–Crippen LogP) is 4.41. The van der Waals surface area contributed by atoms with Crippen LogP contribution in [0.15, 0.2) is 65.2 Å². The number of benzene rings is 2. The second-order valence-corrected chi connectivity index (χ2v) is 7.37. The molecular formula is C24H23N3O3. The van der Waals surface area contributed by atoms with Crippen molar-refractivity contribution >= 4 is 22.6 Å². The first kappa shape index (κ1) is 19.6. The van der Waals surface area contributed by atoms with E-state index >= 15 is 0 Å². The van der Waals surface area contributed by atoms with Crippen molar-refractivity contribution in [3.63, 3.8) is 0 Å². The summed E-state index contributed by atoms with van der Waals surface area (Å²) in [4.78, 5) is 30.2. The first-order chi connectivity index (χ1) is 14.5. The van der Waals surface area contributed by atoms with Crippen molar-refractivity contribution in [2.45, 2.75) is 19.8 Å². The average Bonchev–Trinajstić information content (AvgIpc) is 3.37. The van der Waals surface area contributed by atoms with Gasteiger partial charge < -0.3 is 14.4 Å². The van der Waals surface area contributed by atoms with E-state index in [0.29, 0.717) is 30.6 Å². The van der Waals surface area contributed by atoms with Gasteiger partial charge in [-0.1, -0.05) is 53.7 Å². The molecule has 0 radical (unpaired) electrons. The normalized spacial score (nSPS) is 11.0. The van der Waals surface area contributed by atoms with Gasteiger partial charge in [-0.25, -0.2) is 0 Å². The number of fused-ring (bicyclic) bond motifs is 1. The second-order valence-electron chi connectivity index (χ2n) is 7.37. The predicted molar refractivity (Wildman–Crippen MR) is 115 cm³/mol. The summed E-state index contributed by atoms with van der Waals surface area (Å²) in [5.41, 5.74) is 3.80. The Kier molecular flexibility index (Phi) is 5.48. The van der Waals surface area contributed by atoms with Gasteiger partial charge in [-0.15, -0.1) is 0 Å². The summed E-state index contributed by atoms with van der Waals surface area (Å²) in [5.74, 6) is -0.239. The van der Waals surface area contributed by atoms with Gasteiger partial charge in [-0.05, 0) is 19.4 Å². The van der Waals surface area contributed by atoms with E-state index in [0.717, 1.165) is 27.9 Å². The molecule has 0 unspecified atom stereocenters. The summed E-state index contributed by atoms with van der Waals surface area (Å²) in [6.45, 7) is 2.27. The fourth-order valence-corrected chi connectivity index (χ4v) is 3.62. The number of nitrogens with one attached hydrogen (secondary N) is 1. The Morgan fingerprint density at radius 3 is 2.60 bits per heavy atom. The standard InChI is InChI=1S/C24H23N3O3/c1-16-22(19-12-6-7-13-20(19)25-16)23(28)24(29)27(2)14-8-11-18-15-21(26-30-18)17-9-4-3-5-10-17/h3-7,9-10,12-13,15,25H,8,11,14H2,1-2H3. The van der Waals surface area contributed by atoms with Crippen molar-refractivity contribution in [2.75, 3.05) is 13.6 Å². The SMILES string of the molecule is Cc1[nH]c2ccccc2c1C(=O)C(=O)N(C)CCCc1cc(-c2ccccc2)no1. The summed E-state index contributed by atoms with van der Waals surface area (Å²) in [6, 6.07) is 19.2. The quantitative estimate of drug-likeness (QED) is 0.368. The highest BCUT2D eigenvalue weighted by Gasteiger charge is 2.25. The Balaban J connectivity index is 1.36. The highest BCUT2D eigenvalue weighted by molar-refractivity contribution is 6.45. The number of para-hydroxylation sites is 1. The van der Waals surface area contributed by atoms with Crippen molar-refractivity contribution in [1.82, 2.24) is 15.0 Å². The molecule has 0 saturated heterocycles. The number of hydrogen-bond donors (Lipinski definition) is 1. The van der Waals surface area contributed by atoms with Crippen LogP contribution in [-0.4, -0.2) is 40.3 Å². The molecular weight excluding hydrogens is 378 g/mol. The highest BCUT2D eigenvalue weighted by atomic mass is 16.5. The van der Waals surface area contributed by atoms with E-state index in [1.165, 1.54) is 4.90 Å². The largest absolute Gasteiger partial charge is 0.361 e. The van der Waals surface area contributed by atoms with E-state index < -0.39 is 11.7 Å². The molecule has 0 aliphatic heterocycles. The van der Waals surface area contributed by atoms with Gasteiger partial charge in [-0.3, -0.25) is 9.59 Å². The third-order valence-corrected chi connectivity index (χ3v) is 5.21. The number of rotatable bonds is 7. The average molecular weight is 401 g/mol. The number of amides is 1. The van der Waals surface area contributed by atoms with Gasteiger partial charge in [-0.2, -0.15) is 0 Å². The monoisotopic (exact) mass is 401 g/mol. The lowest BCUT2D eigenvalue weighted by atomic mass is 10.1. The number of aryl methyl sites for hydroxylation is 2. The van der Waals surface area contributed by atoms with Crippen LogP contribution in [0.1, 0.15) is 28.2 Å². The van der Waals surface area contributed by atoms with Crippen LogP contribution in [0.4, 0.5) is 0 Å². The zero-order valence-corrected chi connectivity index (χ0v) is 17.0. The molecule has 0 atom stereocenters. The lowest BCUT2D eigenvalue weighted by Crippen LogP contribution is -2.34. The van der Waals surface area contributed by atoms with Gasteiger partial charge in [0, 0.05) is 48.2 Å². The number of H-pyrrole nitrogens is 1. The first-order valence-electron chi connectivity index (χ1n) is 9.92. The molecule has 4 aromatic rings. The first-order valence-corrected chi connectivity index (χ1v) is 9.92. The smallest absolute Gasteiger partial charge is 0.294 e. The molecule has 0 fully saturated rings. The summed E-state index contributed by atoms with van der Waals surface area (Å²) >= 11 is 0. The van der Waals surface area contributed by atoms with Gasteiger partial charge >= 0.3 is 0 Å². The van der Waals surface area contributed by atoms with Crippen LogP contribution < -0.4 is 0 Å². The van der Waals surface area contributed by atoms with Gasteiger partial charge in [0.25, 0.3) is 11.7 Å². The molecule has 152 valence electrons. The minimum Gasteiger partial charge on any atom is -0.361 e. The van der Waals surface area contributed by atoms with E-state index in [2.05, 4.69) is 10.1 Å². The van der Waals surface area contributed by atoms with Gasteiger partial charge in [0.15, 0.2) is 0 Å². The molecule has 0 spiro atoms. The Morgan fingerprint density at radius 2 is 1.80 bits per heavy atom. The van der Waals surface area contributed by atoms with E-state index in [1.807, 2.05) is 67.6 Å². The molecule has 0 aliphatic carbocycles. The van der Waals surface area contributed by atoms with Gasteiger partial charge in [0.05, 0.1) is 5.56 Å². The summed E-state index contributed by atoms with van der Waals surface area (Å²) < 4.78 is 5.41. The number of ketones is 1. The maximum absolute atomic E-state index is 12.8. The Hall–Kier alpha value is -3.67. The van der Waals surface area contributed by atoms with E-state index in [1.54, 1.807) is 7.05 Å². The van der Waals surface area contributed by atoms with Crippen LogP contribution in [0.25, 0.3) is 22.2 Å². The number of aromatic amines is 1. The fraction of sp³-hybridized carbons (Fsp3) is 0.208. The third kappa shape index (κ3) is 3.89. The lowest BCUT2D eigenvalue weighted by Gasteiger charge is -2.15. The summed E-state index contributed by atoms with van der Waals surface area (Å²) in [6.07, 6.45) is 1.31. The number of carbonyl (C=O) groups excluding carboxylic acids is 2. The van der Waals surface area contributed by atoms with Crippen molar-refractivity contribution < 1.29 is 14.1 Å². The third-order valence-electron chi connectivity index (χ3n) is 5.21. The number of carbonyl (C=O) groups is 2. The maximum Gasteiger partial charge on any atom is 0.294 e. The molecule has 6 nitrogen and oxygen atoms in total. The molecule has 1 N–H and O–H groups in total. The zero-order chi connectivity index (χ0) is 21.1. The minimum atomic E-state index is -0.509. The number of nitrogens with zero attached hydrogens (tertiary/aromatic N) is 2. The van der Waals surface area contributed by atoms with Crippen LogP contribution >= 0.6 is 0 Å². The Labute approximate surface area is 174 Å². The van der Waals surface area contributed by atoms with Crippen molar-refractivity contribution in [2.24, 2.45) is 0 Å². The highest BCUT2D eigenvalue weighted by Crippen LogP contribution is 2.23. The minimum absolute atomic E-state index is 0.449. The van der Waals surface area contributed by atoms with Crippen LogP contribution in [0.5, 0.6) is 0 Å². The second kappa shape index (κ2) is 8.37. The lowest BCUT2D eigenvalue weighted by molar-refractivity contribution is -0.125. The molecule has 30 heavy (non-hydrogen) atoms. The maximum atomic E-state index is 12.8. The van der Waals surface area contributed by atoms with E-state index in [4.69, 9.17) is 4.52 Å². The Morgan fingerprint density at radius 1 is 1.07 bits per heavy atom. The van der Waals surface area contributed by atoms with E-state index in [-0.39, 0.29) is 0 Å². The Bertz CT molecular complexity index is 1190. The van der Waals surface area contributed by atoms with Crippen LogP contribution in [-0.2, 0) is 11.2 Å².